The number of hydrogen-bond donors (Lipinski definition) is 1. The van der Waals surface area contributed by atoms with Crippen LogP contribution in [0.5, 0.6) is 0 Å². The average molecular weight is 159 g/mol. The van der Waals surface area contributed by atoms with Gasteiger partial charge < -0.3 is 0 Å². The van der Waals surface area contributed by atoms with Gasteiger partial charge in [-0.05, 0) is 12.1 Å². The minimum atomic E-state index is 1.13. The van der Waals surface area contributed by atoms with E-state index in [2.05, 4.69) is 21.7 Å². The van der Waals surface area contributed by atoms with Gasteiger partial charge in [0.1, 0.15) is 12.4 Å². The number of imidazole rings is 1. The molecule has 0 unspecified atom stereocenters. The predicted octanol–water partition coefficient (Wildman–Crippen LogP) is 1.51. The number of nitrogens with one attached hydrogen (secondary N) is 1. The van der Waals surface area contributed by atoms with Crippen LogP contribution < -0.4 is 4.57 Å². The number of rotatable bonds is 1. The zero-order valence-corrected chi connectivity index (χ0v) is 6.99. The highest BCUT2D eigenvalue weighted by atomic mass is 15.0. The first kappa shape index (κ1) is 7.10. The van der Waals surface area contributed by atoms with Gasteiger partial charge in [0.05, 0.1) is 12.6 Å². The summed E-state index contributed by atoms with van der Waals surface area (Å²) in [5, 5.41) is 0. The maximum Gasteiger partial charge on any atom is 0.286 e. The lowest BCUT2D eigenvalue weighted by Crippen LogP contribution is -2.27. The Kier molecular flexibility index (Phi) is 1.67. The maximum atomic E-state index is 3.18. The van der Waals surface area contributed by atoms with Crippen LogP contribution in [0.15, 0.2) is 42.7 Å². The fourth-order valence-electron chi connectivity index (χ4n) is 1.29. The van der Waals surface area contributed by atoms with Gasteiger partial charge in [-0.15, -0.1) is 0 Å². The van der Waals surface area contributed by atoms with E-state index in [9.17, 15) is 0 Å². The molecule has 2 aromatic rings. The molecule has 60 valence electrons. The van der Waals surface area contributed by atoms with Gasteiger partial charge in [-0.2, -0.15) is 0 Å². The van der Waals surface area contributed by atoms with Crippen molar-refractivity contribution in [3.63, 3.8) is 0 Å². The highest BCUT2D eigenvalue weighted by Gasteiger charge is 2.07. The van der Waals surface area contributed by atoms with Crippen molar-refractivity contribution in [2.45, 2.75) is 0 Å². The molecule has 12 heavy (non-hydrogen) atoms. The molecule has 0 spiro atoms. The Balaban J connectivity index is 2.51. The van der Waals surface area contributed by atoms with Crippen LogP contribution in [0, 0.1) is 0 Å². The van der Waals surface area contributed by atoms with E-state index in [0.717, 1.165) is 5.82 Å². The Morgan fingerprint density at radius 3 is 2.50 bits per heavy atom. The number of aryl methyl sites for hydroxylation is 1. The molecule has 0 aliphatic carbocycles. The van der Waals surface area contributed by atoms with Gasteiger partial charge in [0.2, 0.25) is 0 Å². The van der Waals surface area contributed by atoms with Gasteiger partial charge in [0, 0.05) is 0 Å². The molecule has 2 rings (SSSR count). The Morgan fingerprint density at radius 2 is 1.92 bits per heavy atom. The van der Waals surface area contributed by atoms with E-state index in [4.69, 9.17) is 0 Å². The number of nitrogens with zero attached hydrogens (tertiary/aromatic N) is 1. The zero-order valence-electron chi connectivity index (χ0n) is 6.99. The highest BCUT2D eigenvalue weighted by Crippen LogP contribution is 2.10. The fourth-order valence-corrected chi connectivity index (χ4v) is 1.29. The van der Waals surface area contributed by atoms with Crippen molar-refractivity contribution in [1.82, 2.24) is 4.98 Å². The van der Waals surface area contributed by atoms with Crippen molar-refractivity contribution < 1.29 is 4.57 Å². The van der Waals surface area contributed by atoms with Crippen LogP contribution in [0.25, 0.3) is 11.4 Å². The van der Waals surface area contributed by atoms with Gasteiger partial charge in [-0.1, -0.05) is 18.2 Å². The van der Waals surface area contributed by atoms with Crippen LogP contribution in [-0.2, 0) is 7.05 Å². The SMILES string of the molecule is C[n+]1cc[nH]c1-c1ccccc1. The second-order valence-electron chi connectivity index (χ2n) is 2.79. The zero-order chi connectivity index (χ0) is 8.39. The van der Waals surface area contributed by atoms with Crippen molar-refractivity contribution >= 4 is 0 Å². The van der Waals surface area contributed by atoms with Crippen LogP contribution in [0.3, 0.4) is 0 Å². The van der Waals surface area contributed by atoms with Crippen molar-refractivity contribution in [3.05, 3.63) is 42.7 Å². The van der Waals surface area contributed by atoms with E-state index in [1.165, 1.54) is 5.56 Å². The number of aromatic amines is 1. The van der Waals surface area contributed by atoms with Crippen LogP contribution in [0.2, 0.25) is 0 Å². The Labute approximate surface area is 71.5 Å². The van der Waals surface area contributed by atoms with Crippen LogP contribution >= 0.6 is 0 Å². The number of aromatic nitrogens is 2. The lowest BCUT2D eigenvalue weighted by molar-refractivity contribution is -0.658. The largest absolute Gasteiger partial charge is 0.286 e. The van der Waals surface area contributed by atoms with E-state index >= 15 is 0 Å². The third kappa shape index (κ3) is 1.11. The van der Waals surface area contributed by atoms with E-state index in [0.29, 0.717) is 0 Å². The van der Waals surface area contributed by atoms with Gasteiger partial charge in [-0.25, -0.2) is 9.55 Å². The minimum Gasteiger partial charge on any atom is -0.243 e. The third-order valence-corrected chi connectivity index (χ3v) is 1.92. The molecule has 0 saturated carbocycles. The molecule has 0 atom stereocenters. The van der Waals surface area contributed by atoms with Gasteiger partial charge in [-0.3, -0.25) is 0 Å². The molecule has 0 saturated heterocycles. The Bertz CT molecular complexity index is 362. The smallest absolute Gasteiger partial charge is 0.243 e. The molecule has 0 amide bonds. The molecule has 0 bridgehead atoms. The van der Waals surface area contributed by atoms with Crippen molar-refractivity contribution in [1.29, 1.82) is 0 Å². The molecule has 0 fully saturated rings. The Hall–Kier alpha value is -1.57. The Morgan fingerprint density at radius 1 is 1.17 bits per heavy atom. The van der Waals surface area contributed by atoms with Crippen LogP contribution in [0.4, 0.5) is 0 Å². The quantitative estimate of drug-likeness (QED) is 0.608. The summed E-state index contributed by atoms with van der Waals surface area (Å²) in [5.41, 5.74) is 1.21. The molecule has 1 N–H and O–H groups in total. The van der Waals surface area contributed by atoms with Gasteiger partial charge in [0.25, 0.3) is 5.82 Å². The van der Waals surface area contributed by atoms with Crippen LogP contribution in [-0.4, -0.2) is 4.98 Å². The number of benzene rings is 1. The number of H-pyrrole nitrogens is 1. The molecule has 2 nitrogen and oxygen atoms in total. The molecule has 0 aliphatic heterocycles. The van der Waals surface area contributed by atoms with Crippen molar-refractivity contribution in [2.75, 3.05) is 0 Å². The van der Waals surface area contributed by atoms with Crippen molar-refractivity contribution in [3.8, 4) is 11.4 Å². The summed E-state index contributed by atoms with van der Waals surface area (Å²) in [6, 6.07) is 10.3. The summed E-state index contributed by atoms with van der Waals surface area (Å²) in [5.74, 6) is 1.13. The molecule has 0 radical (unpaired) electrons. The molecule has 1 aromatic carbocycles. The number of hydrogen-bond acceptors (Lipinski definition) is 0. The topological polar surface area (TPSA) is 19.7 Å². The molecular formula is C10H11N2+. The van der Waals surface area contributed by atoms with E-state index in [1.807, 2.05) is 37.6 Å². The first-order valence-electron chi connectivity index (χ1n) is 3.96. The summed E-state index contributed by atoms with van der Waals surface area (Å²) in [7, 11) is 2.03. The van der Waals surface area contributed by atoms with Gasteiger partial charge in [0.15, 0.2) is 0 Å². The summed E-state index contributed by atoms with van der Waals surface area (Å²) in [4.78, 5) is 3.18. The highest BCUT2D eigenvalue weighted by molar-refractivity contribution is 5.51. The molecule has 2 heteroatoms. The second-order valence-corrected chi connectivity index (χ2v) is 2.79. The summed E-state index contributed by atoms with van der Waals surface area (Å²) in [6.45, 7) is 0. The second kappa shape index (κ2) is 2.81. The molecule has 1 aromatic heterocycles. The minimum absolute atomic E-state index is 1.13. The first-order valence-corrected chi connectivity index (χ1v) is 3.96. The lowest BCUT2D eigenvalue weighted by atomic mass is 10.2. The normalized spacial score (nSPS) is 10.1. The average Bonchev–Trinajstić information content (AvgIpc) is 2.53. The van der Waals surface area contributed by atoms with Crippen molar-refractivity contribution in [2.24, 2.45) is 7.05 Å². The monoisotopic (exact) mass is 159 g/mol. The van der Waals surface area contributed by atoms with Gasteiger partial charge >= 0.3 is 0 Å². The molecular weight excluding hydrogens is 148 g/mol. The maximum absolute atomic E-state index is 3.18. The van der Waals surface area contributed by atoms with Crippen LogP contribution in [0.1, 0.15) is 0 Å². The summed E-state index contributed by atoms with van der Waals surface area (Å²) < 4.78 is 2.06. The fraction of sp³-hybridized carbons (Fsp3) is 0.100. The van der Waals surface area contributed by atoms with E-state index in [-0.39, 0.29) is 0 Å². The van der Waals surface area contributed by atoms with E-state index in [1.54, 1.807) is 0 Å². The lowest BCUT2D eigenvalue weighted by Gasteiger charge is -1.92. The molecule has 1 heterocycles. The summed E-state index contributed by atoms with van der Waals surface area (Å²) >= 11 is 0. The predicted molar refractivity (Wildman–Crippen MR) is 47.4 cm³/mol. The third-order valence-electron chi connectivity index (χ3n) is 1.92. The summed E-state index contributed by atoms with van der Waals surface area (Å²) in [6.07, 6.45) is 3.94. The first-order chi connectivity index (χ1) is 5.88. The van der Waals surface area contributed by atoms with E-state index < -0.39 is 0 Å². The standard InChI is InChI=1S/C10H10N2/c1-12-8-7-11-10(12)9-5-3-2-4-6-9/h2-8H,1H3/p+1. The molecule has 0 aliphatic rings.